The first-order valence-corrected chi connectivity index (χ1v) is 7.67. The summed E-state index contributed by atoms with van der Waals surface area (Å²) in [6.07, 6.45) is 3.49. The average Bonchev–Trinajstić information content (AvgIpc) is 2.53. The molecule has 23 heavy (non-hydrogen) atoms. The molecule has 124 valence electrons. The van der Waals surface area contributed by atoms with Crippen LogP contribution < -0.4 is 0 Å². The molecular formula is C14H16ClN3O5. The smallest absolute Gasteiger partial charge is 0.295 e. The summed E-state index contributed by atoms with van der Waals surface area (Å²) in [5.74, 6) is -0.431. The highest BCUT2D eigenvalue weighted by atomic mass is 35.5. The Morgan fingerprint density at radius 2 is 1.83 bits per heavy atom. The summed E-state index contributed by atoms with van der Waals surface area (Å²) in [7, 11) is 0. The van der Waals surface area contributed by atoms with Crippen LogP contribution in [-0.2, 0) is 0 Å². The molecule has 1 amide bonds. The zero-order valence-corrected chi connectivity index (χ0v) is 13.3. The number of hydrogen-bond donors (Lipinski definition) is 0. The summed E-state index contributed by atoms with van der Waals surface area (Å²) >= 11 is 5.71. The van der Waals surface area contributed by atoms with Gasteiger partial charge in [-0.3, -0.25) is 25.0 Å². The molecule has 0 bridgehead atoms. The number of nitro groups is 2. The molecule has 1 aromatic carbocycles. The van der Waals surface area contributed by atoms with Crippen LogP contribution in [-0.4, -0.2) is 33.2 Å². The minimum atomic E-state index is -0.820. The standard InChI is InChI=1S/C14H16ClN3O5/c1-2-10-5-3-4-6-16(10)14(19)9-7-11(17(20)21)13(15)12(8-9)18(22)23/h7-8,10H,2-6H2,1H3. The van der Waals surface area contributed by atoms with Gasteiger partial charge in [-0.25, -0.2) is 0 Å². The van der Waals surface area contributed by atoms with Crippen molar-refractivity contribution in [2.75, 3.05) is 6.54 Å². The number of piperidine rings is 1. The van der Waals surface area contributed by atoms with Crippen LogP contribution in [0.5, 0.6) is 0 Å². The van der Waals surface area contributed by atoms with Gasteiger partial charge in [0.15, 0.2) is 5.02 Å². The molecule has 1 saturated heterocycles. The third kappa shape index (κ3) is 3.42. The summed E-state index contributed by atoms with van der Waals surface area (Å²) < 4.78 is 0. The third-order valence-corrected chi connectivity index (χ3v) is 4.42. The highest BCUT2D eigenvalue weighted by molar-refractivity contribution is 6.35. The van der Waals surface area contributed by atoms with Gasteiger partial charge in [-0.15, -0.1) is 0 Å². The molecule has 0 N–H and O–H groups in total. The van der Waals surface area contributed by atoms with Crippen LogP contribution in [0.15, 0.2) is 12.1 Å². The van der Waals surface area contributed by atoms with Gasteiger partial charge in [0.1, 0.15) is 0 Å². The van der Waals surface area contributed by atoms with Gasteiger partial charge in [0.25, 0.3) is 17.3 Å². The molecule has 1 heterocycles. The first kappa shape index (κ1) is 17.1. The lowest BCUT2D eigenvalue weighted by molar-refractivity contribution is -0.393. The fraction of sp³-hybridized carbons (Fsp3) is 0.500. The fourth-order valence-electron chi connectivity index (χ4n) is 2.84. The molecule has 0 aromatic heterocycles. The van der Waals surface area contributed by atoms with E-state index >= 15 is 0 Å². The zero-order chi connectivity index (χ0) is 17.1. The Labute approximate surface area is 137 Å². The maximum Gasteiger partial charge on any atom is 0.295 e. The van der Waals surface area contributed by atoms with Crippen LogP contribution >= 0.6 is 11.6 Å². The first-order valence-electron chi connectivity index (χ1n) is 7.30. The minimum Gasteiger partial charge on any atom is -0.336 e. The Kier molecular flexibility index (Phi) is 5.15. The maximum atomic E-state index is 12.7. The van der Waals surface area contributed by atoms with Gasteiger partial charge in [-0.05, 0) is 25.7 Å². The molecule has 0 saturated carbocycles. The number of nitro benzene ring substituents is 2. The first-order chi connectivity index (χ1) is 10.9. The largest absolute Gasteiger partial charge is 0.336 e. The Morgan fingerprint density at radius 1 is 1.26 bits per heavy atom. The van der Waals surface area contributed by atoms with Gasteiger partial charge in [-0.1, -0.05) is 18.5 Å². The number of hydrogen-bond acceptors (Lipinski definition) is 5. The van der Waals surface area contributed by atoms with Crippen LogP contribution in [0.25, 0.3) is 0 Å². The molecule has 2 rings (SSSR count). The van der Waals surface area contributed by atoms with Gasteiger partial charge in [0.2, 0.25) is 0 Å². The molecule has 8 nitrogen and oxygen atoms in total. The molecule has 1 fully saturated rings. The van der Waals surface area contributed by atoms with Crippen molar-refractivity contribution in [3.63, 3.8) is 0 Å². The Hall–Kier alpha value is -2.22. The van der Waals surface area contributed by atoms with Crippen molar-refractivity contribution in [1.82, 2.24) is 4.90 Å². The van der Waals surface area contributed by atoms with E-state index in [1.165, 1.54) is 0 Å². The van der Waals surface area contributed by atoms with Crippen molar-refractivity contribution in [2.45, 2.75) is 38.6 Å². The quantitative estimate of drug-likeness (QED) is 0.614. The van der Waals surface area contributed by atoms with Crippen LogP contribution in [0, 0.1) is 20.2 Å². The van der Waals surface area contributed by atoms with E-state index in [1.807, 2.05) is 6.92 Å². The molecule has 9 heteroatoms. The summed E-state index contributed by atoms with van der Waals surface area (Å²) in [5.41, 5.74) is -1.34. The lowest BCUT2D eigenvalue weighted by atomic mass is 9.98. The molecule has 1 aliphatic heterocycles. The van der Waals surface area contributed by atoms with Crippen molar-refractivity contribution in [1.29, 1.82) is 0 Å². The minimum absolute atomic E-state index is 0.0463. The van der Waals surface area contributed by atoms with Gasteiger partial charge in [-0.2, -0.15) is 0 Å². The molecule has 1 aliphatic rings. The van der Waals surface area contributed by atoms with Crippen LogP contribution in [0.4, 0.5) is 11.4 Å². The fourth-order valence-corrected chi connectivity index (χ4v) is 3.09. The topological polar surface area (TPSA) is 107 Å². The zero-order valence-electron chi connectivity index (χ0n) is 12.5. The van der Waals surface area contributed by atoms with Gasteiger partial charge in [0.05, 0.1) is 15.4 Å². The van der Waals surface area contributed by atoms with E-state index in [0.717, 1.165) is 37.8 Å². The maximum absolute atomic E-state index is 12.7. The lowest BCUT2D eigenvalue weighted by Gasteiger charge is -2.35. The van der Waals surface area contributed by atoms with E-state index in [1.54, 1.807) is 4.90 Å². The highest BCUT2D eigenvalue weighted by Crippen LogP contribution is 2.35. The lowest BCUT2D eigenvalue weighted by Crippen LogP contribution is -2.43. The van der Waals surface area contributed by atoms with Crippen molar-refractivity contribution >= 4 is 28.9 Å². The number of halogens is 1. The summed E-state index contributed by atoms with van der Waals surface area (Å²) in [5, 5.41) is 21.5. The molecule has 1 aromatic rings. The predicted octanol–water partition coefficient (Wildman–Crippen LogP) is 3.56. The van der Waals surface area contributed by atoms with Crippen molar-refractivity contribution in [3.05, 3.63) is 42.9 Å². The van der Waals surface area contributed by atoms with E-state index in [4.69, 9.17) is 11.6 Å². The number of likely N-dealkylation sites (tertiary alicyclic amines) is 1. The normalized spacial score (nSPS) is 17.8. The van der Waals surface area contributed by atoms with Gasteiger partial charge < -0.3 is 4.90 Å². The summed E-state index contributed by atoms with van der Waals surface area (Å²) in [6.45, 7) is 2.50. The number of carbonyl (C=O) groups is 1. The predicted molar refractivity (Wildman–Crippen MR) is 83.7 cm³/mol. The van der Waals surface area contributed by atoms with E-state index in [0.29, 0.717) is 6.54 Å². The highest BCUT2D eigenvalue weighted by Gasteiger charge is 2.31. The van der Waals surface area contributed by atoms with E-state index in [-0.39, 0.29) is 11.6 Å². The van der Waals surface area contributed by atoms with E-state index in [2.05, 4.69) is 0 Å². The molecule has 0 spiro atoms. The summed E-state index contributed by atoms with van der Waals surface area (Å²) in [6, 6.07) is 2.07. The second kappa shape index (κ2) is 6.91. The van der Waals surface area contributed by atoms with Crippen LogP contribution in [0.3, 0.4) is 0 Å². The van der Waals surface area contributed by atoms with Crippen molar-refractivity contribution < 1.29 is 14.6 Å². The average molecular weight is 342 g/mol. The molecule has 1 atom stereocenters. The van der Waals surface area contributed by atoms with Crippen molar-refractivity contribution in [2.24, 2.45) is 0 Å². The number of amides is 1. The van der Waals surface area contributed by atoms with Crippen LogP contribution in [0.2, 0.25) is 5.02 Å². The van der Waals surface area contributed by atoms with Crippen LogP contribution in [0.1, 0.15) is 43.0 Å². The Morgan fingerprint density at radius 3 is 2.30 bits per heavy atom. The molecular weight excluding hydrogens is 326 g/mol. The number of benzene rings is 1. The summed E-state index contributed by atoms with van der Waals surface area (Å²) in [4.78, 5) is 34.8. The second-order valence-corrected chi connectivity index (χ2v) is 5.78. The Balaban J connectivity index is 2.47. The number of nitrogens with zero attached hydrogens (tertiary/aromatic N) is 3. The number of rotatable bonds is 4. The van der Waals surface area contributed by atoms with Crippen molar-refractivity contribution in [3.8, 4) is 0 Å². The number of carbonyl (C=O) groups excluding carboxylic acids is 1. The SMILES string of the molecule is CCC1CCCCN1C(=O)c1cc([N+](=O)[O-])c(Cl)c([N+](=O)[O-])c1. The van der Waals surface area contributed by atoms with Gasteiger partial charge in [0, 0.05) is 24.7 Å². The van der Waals surface area contributed by atoms with Gasteiger partial charge >= 0.3 is 0 Å². The molecule has 0 radical (unpaired) electrons. The molecule has 1 unspecified atom stereocenters. The molecule has 0 aliphatic carbocycles. The van der Waals surface area contributed by atoms with E-state index in [9.17, 15) is 25.0 Å². The third-order valence-electron chi connectivity index (χ3n) is 4.03. The van der Waals surface area contributed by atoms with E-state index < -0.39 is 32.2 Å². The second-order valence-electron chi connectivity index (χ2n) is 5.40. The monoisotopic (exact) mass is 341 g/mol. The Bertz CT molecular complexity index is 629.